The van der Waals surface area contributed by atoms with Crippen molar-refractivity contribution in [3.63, 3.8) is 0 Å². The van der Waals surface area contributed by atoms with Gasteiger partial charge in [-0.15, -0.1) is 0 Å². The second-order valence-corrected chi connectivity index (χ2v) is 4.61. The van der Waals surface area contributed by atoms with Gasteiger partial charge in [-0.1, -0.05) is 62.8 Å². The third-order valence-electron chi connectivity index (χ3n) is 1.85. The average molecular weight is 174 g/mol. The molecule has 0 atom stereocenters. The molecule has 0 N–H and O–H groups in total. The zero-order valence-electron chi connectivity index (χ0n) is 8.96. The van der Waals surface area contributed by atoms with E-state index in [1.54, 1.807) is 0 Å². The van der Waals surface area contributed by atoms with E-state index in [4.69, 9.17) is 0 Å². The lowest BCUT2D eigenvalue weighted by Gasteiger charge is -2.10. The van der Waals surface area contributed by atoms with E-state index in [9.17, 15) is 0 Å². The third kappa shape index (κ3) is 3.93. The van der Waals surface area contributed by atoms with Crippen molar-refractivity contribution in [3.8, 4) is 0 Å². The van der Waals surface area contributed by atoms with Crippen LogP contribution in [0.3, 0.4) is 0 Å². The highest BCUT2D eigenvalue weighted by atomic mass is 14.1. The van der Waals surface area contributed by atoms with E-state index < -0.39 is 0 Å². The van der Waals surface area contributed by atoms with Gasteiger partial charge in [-0.25, -0.2) is 0 Å². The molecule has 0 bridgehead atoms. The van der Waals surface area contributed by atoms with Crippen LogP contribution in [0.25, 0.3) is 6.08 Å². The van der Waals surface area contributed by atoms with Gasteiger partial charge >= 0.3 is 0 Å². The highest BCUT2D eigenvalue weighted by Gasteiger charge is 2.02. The first kappa shape index (κ1) is 10.0. The fraction of sp³-hybridized carbons (Fsp3) is 0.385. The number of hydrogen-bond acceptors (Lipinski definition) is 0. The Morgan fingerprint density at radius 3 is 2.00 bits per heavy atom. The average Bonchev–Trinajstić information content (AvgIpc) is 2.02. The van der Waals surface area contributed by atoms with Gasteiger partial charge in [0.05, 0.1) is 0 Å². The summed E-state index contributed by atoms with van der Waals surface area (Å²) in [5.74, 6) is 0. The second-order valence-electron chi connectivity index (χ2n) is 4.61. The highest BCUT2D eigenvalue weighted by Crippen LogP contribution is 2.17. The first-order chi connectivity index (χ1) is 5.97. The molecule has 70 valence electrons. The van der Waals surface area contributed by atoms with Crippen LogP contribution in [0.4, 0.5) is 0 Å². The molecule has 0 aliphatic rings. The van der Waals surface area contributed by atoms with Crippen LogP contribution in [0.5, 0.6) is 0 Å². The summed E-state index contributed by atoms with van der Waals surface area (Å²) in [6, 6.07) is 8.58. The van der Waals surface area contributed by atoms with Crippen LogP contribution in [0, 0.1) is 12.3 Å². The molecule has 0 saturated carbocycles. The molecule has 0 aliphatic heterocycles. The van der Waals surface area contributed by atoms with E-state index in [0.29, 0.717) is 0 Å². The van der Waals surface area contributed by atoms with Crippen LogP contribution in [0.1, 0.15) is 31.9 Å². The van der Waals surface area contributed by atoms with Crippen LogP contribution < -0.4 is 0 Å². The maximum absolute atomic E-state index is 2.23. The van der Waals surface area contributed by atoms with Crippen molar-refractivity contribution in [2.75, 3.05) is 0 Å². The summed E-state index contributed by atoms with van der Waals surface area (Å²) in [5.41, 5.74) is 2.86. The van der Waals surface area contributed by atoms with Crippen LogP contribution in [0.15, 0.2) is 30.3 Å². The Hall–Kier alpha value is -1.04. The van der Waals surface area contributed by atoms with Crippen molar-refractivity contribution >= 4 is 6.08 Å². The summed E-state index contributed by atoms with van der Waals surface area (Å²) < 4.78 is 0. The van der Waals surface area contributed by atoms with Crippen LogP contribution in [-0.2, 0) is 0 Å². The lowest BCUT2D eigenvalue weighted by Crippen LogP contribution is -1.97. The van der Waals surface area contributed by atoms with Crippen LogP contribution in [-0.4, -0.2) is 0 Å². The van der Waals surface area contributed by atoms with Gasteiger partial charge in [0.2, 0.25) is 0 Å². The molecule has 0 unspecified atom stereocenters. The molecule has 0 radical (unpaired) electrons. The van der Waals surface area contributed by atoms with E-state index >= 15 is 0 Å². The summed E-state index contributed by atoms with van der Waals surface area (Å²) in [6.45, 7) is 8.73. The normalized spacial score (nSPS) is 12.3. The van der Waals surface area contributed by atoms with E-state index in [1.807, 2.05) is 0 Å². The molecule has 13 heavy (non-hydrogen) atoms. The Kier molecular flexibility index (Phi) is 2.92. The van der Waals surface area contributed by atoms with Gasteiger partial charge < -0.3 is 0 Å². The minimum absolute atomic E-state index is 0.269. The van der Waals surface area contributed by atoms with Gasteiger partial charge in [0.1, 0.15) is 0 Å². The van der Waals surface area contributed by atoms with E-state index in [0.717, 1.165) is 0 Å². The van der Waals surface area contributed by atoms with Crippen molar-refractivity contribution in [3.05, 3.63) is 41.5 Å². The molecular formula is C13H18. The number of aryl methyl sites for hydroxylation is 1. The molecule has 0 fully saturated rings. The van der Waals surface area contributed by atoms with Gasteiger partial charge in [-0.2, -0.15) is 0 Å². The SMILES string of the molecule is Cc1ccc(/C=C\C(C)(C)C)cc1. The predicted molar refractivity (Wildman–Crippen MR) is 59.7 cm³/mol. The minimum atomic E-state index is 0.269. The summed E-state index contributed by atoms with van der Waals surface area (Å²) >= 11 is 0. The van der Waals surface area contributed by atoms with E-state index in [-0.39, 0.29) is 5.41 Å². The van der Waals surface area contributed by atoms with E-state index in [1.165, 1.54) is 11.1 Å². The van der Waals surface area contributed by atoms with Gasteiger partial charge in [0, 0.05) is 0 Å². The van der Waals surface area contributed by atoms with Gasteiger partial charge in [0.25, 0.3) is 0 Å². The first-order valence-corrected chi connectivity index (χ1v) is 4.73. The zero-order chi connectivity index (χ0) is 9.90. The molecule has 0 aliphatic carbocycles. The minimum Gasteiger partial charge on any atom is -0.0785 e. The quantitative estimate of drug-likeness (QED) is 0.602. The molecule has 1 aromatic carbocycles. The topological polar surface area (TPSA) is 0 Å². The predicted octanol–water partition coefficient (Wildman–Crippen LogP) is 4.05. The van der Waals surface area contributed by atoms with Gasteiger partial charge in [-0.3, -0.25) is 0 Å². The third-order valence-corrected chi connectivity index (χ3v) is 1.85. The molecule has 1 rings (SSSR count). The van der Waals surface area contributed by atoms with Crippen molar-refractivity contribution in [2.45, 2.75) is 27.7 Å². The van der Waals surface area contributed by atoms with Gasteiger partial charge in [0.15, 0.2) is 0 Å². The molecular weight excluding hydrogens is 156 g/mol. The number of hydrogen-bond donors (Lipinski definition) is 0. The summed E-state index contributed by atoms with van der Waals surface area (Å²) in [5, 5.41) is 0. The summed E-state index contributed by atoms with van der Waals surface area (Å²) in [6.07, 6.45) is 4.41. The summed E-state index contributed by atoms with van der Waals surface area (Å²) in [4.78, 5) is 0. The maximum atomic E-state index is 2.23. The van der Waals surface area contributed by atoms with Crippen LogP contribution in [0.2, 0.25) is 0 Å². The molecule has 1 aromatic rings. The molecule has 0 nitrogen and oxygen atoms in total. The molecule has 0 amide bonds. The molecule has 0 heterocycles. The second kappa shape index (κ2) is 3.78. The van der Waals surface area contributed by atoms with Crippen LogP contribution >= 0.6 is 0 Å². The molecule has 0 heteroatoms. The van der Waals surface area contributed by atoms with Crippen molar-refractivity contribution in [1.82, 2.24) is 0 Å². The Labute approximate surface area is 81.3 Å². The van der Waals surface area contributed by atoms with Crippen molar-refractivity contribution in [1.29, 1.82) is 0 Å². The Balaban J connectivity index is 2.75. The number of benzene rings is 1. The standard InChI is InChI=1S/C13H18/c1-11-5-7-12(8-6-11)9-10-13(2,3)4/h5-10H,1-4H3/b10-9-. The number of allylic oxidation sites excluding steroid dienone is 1. The Morgan fingerprint density at radius 2 is 1.54 bits per heavy atom. The monoisotopic (exact) mass is 174 g/mol. The fourth-order valence-electron chi connectivity index (χ4n) is 1.02. The maximum Gasteiger partial charge on any atom is -0.0200 e. The Morgan fingerprint density at radius 1 is 1.00 bits per heavy atom. The largest absolute Gasteiger partial charge is 0.0785 e. The first-order valence-electron chi connectivity index (χ1n) is 4.73. The van der Waals surface area contributed by atoms with E-state index in [2.05, 4.69) is 64.1 Å². The zero-order valence-corrected chi connectivity index (χ0v) is 8.96. The smallest absolute Gasteiger partial charge is 0.0200 e. The lowest BCUT2D eigenvalue weighted by atomic mass is 9.95. The number of rotatable bonds is 1. The fourth-order valence-corrected chi connectivity index (χ4v) is 1.02. The van der Waals surface area contributed by atoms with Crippen molar-refractivity contribution < 1.29 is 0 Å². The lowest BCUT2D eigenvalue weighted by molar-refractivity contribution is 0.547. The molecule has 0 saturated heterocycles. The van der Waals surface area contributed by atoms with Gasteiger partial charge in [-0.05, 0) is 17.9 Å². The Bertz CT molecular complexity index is 283. The molecule has 0 aromatic heterocycles. The van der Waals surface area contributed by atoms with Crippen molar-refractivity contribution in [2.24, 2.45) is 5.41 Å². The molecule has 0 spiro atoms. The highest BCUT2D eigenvalue weighted by molar-refractivity contribution is 5.50. The summed E-state index contributed by atoms with van der Waals surface area (Å²) in [7, 11) is 0.